The molecule has 1 N–H and O–H groups in total. The van der Waals surface area contributed by atoms with Crippen molar-refractivity contribution in [2.24, 2.45) is 0 Å². The van der Waals surface area contributed by atoms with E-state index in [0.717, 1.165) is 18.8 Å². The van der Waals surface area contributed by atoms with Gasteiger partial charge in [-0.1, -0.05) is 36.4 Å². The fourth-order valence-corrected chi connectivity index (χ4v) is 1.46. The highest BCUT2D eigenvalue weighted by Crippen LogP contribution is 2.01. The van der Waals surface area contributed by atoms with Gasteiger partial charge in [-0.3, -0.25) is 0 Å². The minimum atomic E-state index is 0.843. The first-order valence-electron chi connectivity index (χ1n) is 5.40. The van der Waals surface area contributed by atoms with Gasteiger partial charge < -0.3 is 9.73 Å². The standard InChI is InChI=1S/C14H15NO/c1-2-6-13(7-3-1)12-15-10-4-8-14-9-5-11-16-14/h1-9,11,15H,10,12H2. The maximum absolute atomic E-state index is 5.18. The van der Waals surface area contributed by atoms with Crippen LogP contribution < -0.4 is 5.32 Å². The van der Waals surface area contributed by atoms with Crippen LogP contribution in [0.2, 0.25) is 0 Å². The summed E-state index contributed by atoms with van der Waals surface area (Å²) in [5.41, 5.74) is 1.30. The Morgan fingerprint density at radius 1 is 1.06 bits per heavy atom. The van der Waals surface area contributed by atoms with Gasteiger partial charge in [0.25, 0.3) is 0 Å². The Morgan fingerprint density at radius 3 is 2.69 bits per heavy atom. The molecule has 0 amide bonds. The number of nitrogens with one attached hydrogen (secondary N) is 1. The van der Waals surface area contributed by atoms with Crippen molar-refractivity contribution in [3.63, 3.8) is 0 Å². The van der Waals surface area contributed by atoms with Crippen molar-refractivity contribution >= 4 is 6.08 Å². The van der Waals surface area contributed by atoms with Crippen LogP contribution in [0, 0.1) is 0 Å². The van der Waals surface area contributed by atoms with Gasteiger partial charge in [0.2, 0.25) is 0 Å². The quantitative estimate of drug-likeness (QED) is 0.772. The lowest BCUT2D eigenvalue weighted by Gasteiger charge is -2.00. The molecule has 0 spiro atoms. The molecule has 1 aromatic heterocycles. The fourth-order valence-electron chi connectivity index (χ4n) is 1.46. The van der Waals surface area contributed by atoms with Gasteiger partial charge >= 0.3 is 0 Å². The molecule has 0 aliphatic rings. The highest BCUT2D eigenvalue weighted by atomic mass is 16.3. The maximum atomic E-state index is 5.18. The molecule has 0 fully saturated rings. The summed E-state index contributed by atoms with van der Waals surface area (Å²) in [6.45, 7) is 1.74. The van der Waals surface area contributed by atoms with E-state index in [0.29, 0.717) is 0 Å². The minimum Gasteiger partial charge on any atom is -0.465 e. The molecule has 0 saturated heterocycles. The Balaban J connectivity index is 1.69. The van der Waals surface area contributed by atoms with Crippen LogP contribution in [-0.2, 0) is 6.54 Å². The van der Waals surface area contributed by atoms with E-state index in [-0.39, 0.29) is 0 Å². The normalized spacial score (nSPS) is 11.0. The van der Waals surface area contributed by atoms with E-state index in [4.69, 9.17) is 4.42 Å². The van der Waals surface area contributed by atoms with Crippen LogP contribution in [0.5, 0.6) is 0 Å². The van der Waals surface area contributed by atoms with E-state index in [2.05, 4.69) is 35.7 Å². The number of furan rings is 1. The zero-order valence-corrected chi connectivity index (χ0v) is 9.10. The largest absolute Gasteiger partial charge is 0.465 e. The van der Waals surface area contributed by atoms with Gasteiger partial charge in [-0.25, -0.2) is 0 Å². The molecule has 2 aromatic rings. The maximum Gasteiger partial charge on any atom is 0.126 e. The van der Waals surface area contributed by atoms with Crippen LogP contribution in [0.4, 0.5) is 0 Å². The summed E-state index contributed by atoms with van der Waals surface area (Å²) in [6.07, 6.45) is 5.71. The molecule has 2 nitrogen and oxygen atoms in total. The minimum absolute atomic E-state index is 0.843. The molecule has 1 aromatic carbocycles. The fraction of sp³-hybridized carbons (Fsp3) is 0.143. The van der Waals surface area contributed by atoms with Crippen LogP contribution >= 0.6 is 0 Å². The van der Waals surface area contributed by atoms with Crippen LogP contribution in [-0.4, -0.2) is 6.54 Å². The summed E-state index contributed by atoms with van der Waals surface area (Å²) in [5.74, 6) is 0.890. The van der Waals surface area contributed by atoms with E-state index in [1.54, 1.807) is 6.26 Å². The monoisotopic (exact) mass is 213 g/mol. The summed E-state index contributed by atoms with van der Waals surface area (Å²) < 4.78 is 5.18. The zero-order valence-electron chi connectivity index (χ0n) is 9.10. The van der Waals surface area contributed by atoms with E-state index >= 15 is 0 Å². The summed E-state index contributed by atoms with van der Waals surface area (Å²) in [4.78, 5) is 0. The van der Waals surface area contributed by atoms with Gasteiger partial charge in [-0.05, 0) is 23.8 Å². The lowest BCUT2D eigenvalue weighted by Crippen LogP contribution is -2.12. The first-order chi connectivity index (χ1) is 7.95. The van der Waals surface area contributed by atoms with Crippen molar-refractivity contribution in [2.45, 2.75) is 6.54 Å². The molecule has 0 bridgehead atoms. The Hall–Kier alpha value is -1.80. The third-order valence-corrected chi connectivity index (χ3v) is 2.26. The van der Waals surface area contributed by atoms with Crippen molar-refractivity contribution in [3.8, 4) is 0 Å². The number of benzene rings is 1. The topological polar surface area (TPSA) is 25.2 Å². The smallest absolute Gasteiger partial charge is 0.126 e. The van der Waals surface area contributed by atoms with E-state index in [1.165, 1.54) is 5.56 Å². The highest BCUT2D eigenvalue weighted by molar-refractivity contribution is 5.42. The second-order valence-corrected chi connectivity index (χ2v) is 3.53. The predicted molar refractivity (Wildman–Crippen MR) is 65.9 cm³/mol. The molecule has 2 heteroatoms. The summed E-state index contributed by atoms with van der Waals surface area (Å²) in [7, 11) is 0. The highest BCUT2D eigenvalue weighted by Gasteiger charge is 1.89. The summed E-state index contributed by atoms with van der Waals surface area (Å²) in [5, 5.41) is 3.34. The second kappa shape index (κ2) is 5.93. The zero-order chi connectivity index (χ0) is 11.1. The molecule has 16 heavy (non-hydrogen) atoms. The van der Waals surface area contributed by atoms with Crippen LogP contribution in [0.1, 0.15) is 11.3 Å². The molecule has 0 radical (unpaired) electrons. The summed E-state index contributed by atoms with van der Waals surface area (Å²) in [6, 6.07) is 14.2. The lowest BCUT2D eigenvalue weighted by atomic mass is 10.2. The first kappa shape index (κ1) is 10.7. The molecule has 82 valence electrons. The van der Waals surface area contributed by atoms with Crippen LogP contribution in [0.15, 0.2) is 59.2 Å². The Labute approximate surface area is 95.6 Å². The Morgan fingerprint density at radius 2 is 1.94 bits per heavy atom. The Bertz CT molecular complexity index is 417. The third kappa shape index (κ3) is 3.41. The molecule has 0 aliphatic heterocycles. The molecular weight excluding hydrogens is 198 g/mol. The van der Waals surface area contributed by atoms with E-state index < -0.39 is 0 Å². The SMILES string of the molecule is C(=Cc1ccco1)CNCc1ccccc1. The van der Waals surface area contributed by atoms with Crippen molar-refractivity contribution in [1.29, 1.82) is 0 Å². The molecule has 1 heterocycles. The van der Waals surface area contributed by atoms with Gasteiger partial charge in [0.1, 0.15) is 5.76 Å². The lowest BCUT2D eigenvalue weighted by molar-refractivity contribution is 0.556. The molecule has 0 aliphatic carbocycles. The number of rotatable bonds is 5. The molecule has 0 saturated carbocycles. The van der Waals surface area contributed by atoms with Gasteiger partial charge in [0, 0.05) is 13.1 Å². The van der Waals surface area contributed by atoms with Crippen molar-refractivity contribution in [2.75, 3.05) is 6.54 Å². The van der Waals surface area contributed by atoms with Gasteiger partial charge in [0.15, 0.2) is 0 Å². The number of hydrogen-bond acceptors (Lipinski definition) is 2. The van der Waals surface area contributed by atoms with Crippen molar-refractivity contribution in [3.05, 3.63) is 66.1 Å². The molecule has 2 rings (SSSR count). The molecular formula is C14H15NO. The van der Waals surface area contributed by atoms with Gasteiger partial charge in [-0.2, -0.15) is 0 Å². The predicted octanol–water partition coefficient (Wildman–Crippen LogP) is 3.08. The van der Waals surface area contributed by atoms with Crippen molar-refractivity contribution in [1.82, 2.24) is 5.32 Å². The molecule has 0 unspecified atom stereocenters. The number of hydrogen-bond donors (Lipinski definition) is 1. The molecule has 0 atom stereocenters. The van der Waals surface area contributed by atoms with Gasteiger partial charge in [-0.15, -0.1) is 0 Å². The van der Waals surface area contributed by atoms with E-state index in [1.807, 2.05) is 24.3 Å². The van der Waals surface area contributed by atoms with Crippen LogP contribution in [0.25, 0.3) is 6.08 Å². The van der Waals surface area contributed by atoms with E-state index in [9.17, 15) is 0 Å². The average molecular weight is 213 g/mol. The first-order valence-corrected chi connectivity index (χ1v) is 5.40. The average Bonchev–Trinajstić information content (AvgIpc) is 2.83. The van der Waals surface area contributed by atoms with Crippen molar-refractivity contribution < 1.29 is 4.42 Å². The second-order valence-electron chi connectivity index (χ2n) is 3.53. The summed E-state index contributed by atoms with van der Waals surface area (Å²) >= 11 is 0. The van der Waals surface area contributed by atoms with Crippen LogP contribution in [0.3, 0.4) is 0 Å². The van der Waals surface area contributed by atoms with Gasteiger partial charge in [0.05, 0.1) is 6.26 Å². The Kier molecular flexibility index (Phi) is 3.97. The third-order valence-electron chi connectivity index (χ3n) is 2.26.